The van der Waals surface area contributed by atoms with Gasteiger partial charge in [0.25, 0.3) is 0 Å². The summed E-state index contributed by atoms with van der Waals surface area (Å²) in [7, 11) is 1.73. The molecule has 0 fully saturated rings. The summed E-state index contributed by atoms with van der Waals surface area (Å²) in [6.07, 6.45) is -0.526. The van der Waals surface area contributed by atoms with Crippen molar-refractivity contribution in [1.29, 1.82) is 0 Å². The summed E-state index contributed by atoms with van der Waals surface area (Å²) >= 11 is 0. The summed E-state index contributed by atoms with van der Waals surface area (Å²) in [5.74, 6) is -3.09. The van der Waals surface area contributed by atoms with E-state index >= 15 is 0 Å². The molecule has 42 heavy (non-hydrogen) atoms. The number of hydrogen-bond acceptors (Lipinski definition) is 7. The number of rotatable bonds is 17. The number of alkyl carbamates (subject to hydrolysis) is 1. The average molecular weight is 579 g/mol. The highest BCUT2D eigenvalue weighted by Gasteiger charge is 2.23. The maximum atomic E-state index is 12.7. The van der Waals surface area contributed by atoms with Crippen LogP contribution in [-0.4, -0.2) is 78.4 Å². The summed E-state index contributed by atoms with van der Waals surface area (Å²) in [6, 6.07) is 15.9. The fourth-order valence-electron chi connectivity index (χ4n) is 3.48. The Morgan fingerprint density at radius 1 is 0.810 bits per heavy atom. The SMILES string of the molecule is O=C(O)CCC(NC(=O)CNC(=O)OCc1ccccc1)C(=O)NCC(=O)NC(/C=C/[B]c1ccccc1)CC(=O)O. The zero-order valence-corrected chi connectivity index (χ0v) is 22.7. The highest BCUT2D eigenvalue weighted by Crippen LogP contribution is 2.01. The van der Waals surface area contributed by atoms with Crippen LogP contribution in [0.2, 0.25) is 0 Å². The number of carbonyl (C=O) groups excluding carboxylic acids is 4. The molecular formula is C28H32BN4O9. The van der Waals surface area contributed by atoms with E-state index in [1.54, 1.807) is 43.6 Å². The van der Waals surface area contributed by atoms with E-state index in [0.717, 1.165) is 11.0 Å². The molecule has 0 saturated heterocycles. The number of aliphatic carboxylic acids is 2. The van der Waals surface area contributed by atoms with Crippen LogP contribution in [0.25, 0.3) is 0 Å². The van der Waals surface area contributed by atoms with Crippen molar-refractivity contribution in [3.8, 4) is 0 Å². The fraction of sp³-hybridized carbons (Fsp3) is 0.286. The normalized spacial score (nSPS) is 11.9. The third kappa shape index (κ3) is 14.3. The summed E-state index contributed by atoms with van der Waals surface area (Å²) < 4.78 is 5.00. The summed E-state index contributed by atoms with van der Waals surface area (Å²) in [6.45, 7) is -1.13. The van der Waals surface area contributed by atoms with Crippen molar-refractivity contribution in [1.82, 2.24) is 21.3 Å². The van der Waals surface area contributed by atoms with Crippen molar-refractivity contribution in [2.75, 3.05) is 13.1 Å². The highest BCUT2D eigenvalue weighted by molar-refractivity contribution is 6.58. The van der Waals surface area contributed by atoms with E-state index < -0.39 is 73.8 Å². The molecular weight excluding hydrogens is 547 g/mol. The van der Waals surface area contributed by atoms with Gasteiger partial charge in [0, 0.05) is 6.42 Å². The van der Waals surface area contributed by atoms with Crippen LogP contribution in [0.15, 0.2) is 72.7 Å². The molecule has 2 aromatic rings. The quantitative estimate of drug-likeness (QED) is 0.138. The van der Waals surface area contributed by atoms with Crippen LogP contribution in [0.1, 0.15) is 24.8 Å². The summed E-state index contributed by atoms with van der Waals surface area (Å²) in [5.41, 5.74) is 1.61. The van der Waals surface area contributed by atoms with Crippen LogP contribution in [0.4, 0.5) is 4.79 Å². The van der Waals surface area contributed by atoms with E-state index in [-0.39, 0.29) is 13.0 Å². The van der Waals surface area contributed by atoms with Crippen LogP contribution in [-0.2, 0) is 35.3 Å². The van der Waals surface area contributed by atoms with Gasteiger partial charge in [0.05, 0.1) is 19.0 Å². The van der Waals surface area contributed by atoms with Crippen molar-refractivity contribution in [2.45, 2.75) is 38.0 Å². The average Bonchev–Trinajstić information content (AvgIpc) is 2.96. The molecule has 0 heterocycles. The van der Waals surface area contributed by atoms with E-state index in [2.05, 4.69) is 21.3 Å². The van der Waals surface area contributed by atoms with Crippen molar-refractivity contribution < 1.29 is 43.7 Å². The lowest BCUT2D eigenvalue weighted by atomic mass is 9.70. The minimum absolute atomic E-state index is 0.0194. The molecule has 0 aliphatic heterocycles. The second-order valence-corrected chi connectivity index (χ2v) is 8.92. The smallest absolute Gasteiger partial charge is 0.407 e. The molecule has 6 N–H and O–H groups in total. The second kappa shape index (κ2) is 18.3. The first kappa shape index (κ1) is 33.1. The van der Waals surface area contributed by atoms with Crippen LogP contribution in [0.3, 0.4) is 0 Å². The molecule has 0 spiro atoms. The second-order valence-electron chi connectivity index (χ2n) is 8.92. The van der Waals surface area contributed by atoms with Gasteiger partial charge in [-0.2, -0.15) is 0 Å². The molecule has 0 bridgehead atoms. The van der Waals surface area contributed by atoms with E-state index in [4.69, 9.17) is 14.9 Å². The minimum atomic E-state index is -1.32. The van der Waals surface area contributed by atoms with Gasteiger partial charge in [-0.3, -0.25) is 24.0 Å². The molecule has 14 heteroatoms. The van der Waals surface area contributed by atoms with Gasteiger partial charge in [-0.05, 0) is 12.0 Å². The van der Waals surface area contributed by atoms with Gasteiger partial charge in [-0.1, -0.05) is 72.2 Å². The topological polar surface area (TPSA) is 200 Å². The van der Waals surface area contributed by atoms with E-state index in [0.29, 0.717) is 0 Å². The first-order valence-corrected chi connectivity index (χ1v) is 12.9. The Hall–Kier alpha value is -5.14. The Balaban J connectivity index is 1.85. The highest BCUT2D eigenvalue weighted by atomic mass is 16.5. The monoisotopic (exact) mass is 579 g/mol. The van der Waals surface area contributed by atoms with Gasteiger partial charge in [0.1, 0.15) is 19.2 Å². The number of ether oxygens (including phenoxy) is 1. The molecule has 2 aromatic carbocycles. The largest absolute Gasteiger partial charge is 0.481 e. The number of carboxylic acid groups (broad SMARTS) is 2. The molecule has 2 rings (SSSR count). The van der Waals surface area contributed by atoms with Gasteiger partial charge in [0.15, 0.2) is 7.28 Å². The van der Waals surface area contributed by atoms with Gasteiger partial charge >= 0.3 is 18.0 Å². The lowest BCUT2D eigenvalue weighted by Gasteiger charge is -2.19. The number of amides is 4. The van der Waals surface area contributed by atoms with Crippen molar-refractivity contribution >= 4 is 48.5 Å². The lowest BCUT2D eigenvalue weighted by molar-refractivity contribution is -0.139. The molecule has 0 saturated carbocycles. The Labute approximate surface area is 242 Å². The van der Waals surface area contributed by atoms with Crippen LogP contribution in [0, 0.1) is 0 Å². The number of carboxylic acids is 2. The van der Waals surface area contributed by atoms with E-state index in [1.165, 1.54) is 6.08 Å². The van der Waals surface area contributed by atoms with Crippen LogP contribution < -0.4 is 26.7 Å². The van der Waals surface area contributed by atoms with Crippen molar-refractivity contribution in [3.05, 3.63) is 78.3 Å². The first-order valence-electron chi connectivity index (χ1n) is 12.9. The molecule has 2 atom stereocenters. The molecule has 2 unspecified atom stereocenters. The Kier molecular flexibility index (Phi) is 14.4. The molecule has 0 aliphatic rings. The van der Waals surface area contributed by atoms with Gasteiger partial charge in [-0.15, -0.1) is 5.98 Å². The van der Waals surface area contributed by atoms with Crippen molar-refractivity contribution in [2.24, 2.45) is 0 Å². The number of benzene rings is 2. The predicted molar refractivity (Wildman–Crippen MR) is 152 cm³/mol. The van der Waals surface area contributed by atoms with E-state index in [1.807, 2.05) is 30.3 Å². The maximum absolute atomic E-state index is 12.7. The summed E-state index contributed by atoms with van der Waals surface area (Å²) in [5, 5.41) is 27.5. The maximum Gasteiger partial charge on any atom is 0.407 e. The first-order chi connectivity index (χ1) is 20.1. The standard InChI is InChI=1S/C28H32BN4O9/c34-23(32-21(15-26(38)39)13-14-29-20-9-5-2-6-10-20)16-30-27(40)22(11-12-25(36)37)33-24(35)17-31-28(41)42-18-19-7-3-1-4-8-19/h1-10,13-14,21-22H,11-12,15-18H2,(H,30,40)(H,31,41)(H,32,34)(H,33,35)(H,36,37)(H,38,39)/b14-13+. The Morgan fingerprint density at radius 2 is 1.43 bits per heavy atom. The Bertz CT molecular complexity index is 1240. The minimum Gasteiger partial charge on any atom is -0.481 e. The Morgan fingerprint density at radius 3 is 2.07 bits per heavy atom. The fourth-order valence-corrected chi connectivity index (χ4v) is 3.48. The van der Waals surface area contributed by atoms with E-state index in [9.17, 15) is 28.8 Å². The zero-order chi connectivity index (χ0) is 30.7. The molecule has 0 aromatic heterocycles. The van der Waals surface area contributed by atoms with Gasteiger partial charge in [0.2, 0.25) is 17.7 Å². The molecule has 13 nitrogen and oxygen atoms in total. The molecule has 0 aliphatic carbocycles. The van der Waals surface area contributed by atoms with Crippen LogP contribution >= 0.6 is 0 Å². The van der Waals surface area contributed by atoms with Gasteiger partial charge < -0.3 is 36.2 Å². The third-order valence-corrected chi connectivity index (χ3v) is 5.50. The predicted octanol–water partition coefficient (Wildman–Crippen LogP) is -0.118. The van der Waals surface area contributed by atoms with Crippen molar-refractivity contribution in [3.63, 3.8) is 0 Å². The lowest BCUT2D eigenvalue weighted by Crippen LogP contribution is -2.51. The molecule has 4 amide bonds. The van der Waals surface area contributed by atoms with Gasteiger partial charge in [-0.25, -0.2) is 4.79 Å². The van der Waals surface area contributed by atoms with Crippen LogP contribution in [0.5, 0.6) is 0 Å². The molecule has 1 radical (unpaired) electrons. The molecule has 221 valence electrons. The third-order valence-electron chi connectivity index (χ3n) is 5.50. The number of nitrogens with one attached hydrogen (secondary N) is 4. The number of carbonyl (C=O) groups is 6. The zero-order valence-electron chi connectivity index (χ0n) is 22.7. The number of hydrogen-bond donors (Lipinski definition) is 6. The summed E-state index contributed by atoms with van der Waals surface area (Å²) in [4.78, 5) is 71.5.